The molecule has 0 unspecified atom stereocenters. The first-order chi connectivity index (χ1) is 9.65. The standard InChI is InChI=1S/C15H15Br3O2/c1-2-10(17)5-3-7-12-14(18)15-13(20-12)9-11(19-15)6-4-8-16/h3,5-8,11,13,15H,2,9H2,1H3/t4?,11-,13-,15+/m1/s1. The second-order valence-corrected chi connectivity index (χ2v) is 6.80. The third kappa shape index (κ3) is 3.99. The van der Waals surface area contributed by atoms with Crippen LogP contribution in [0.3, 0.4) is 0 Å². The molecule has 2 heterocycles. The summed E-state index contributed by atoms with van der Waals surface area (Å²) < 4.78 is 14.0. The van der Waals surface area contributed by atoms with E-state index in [0.29, 0.717) is 0 Å². The second-order valence-electron chi connectivity index (χ2n) is 4.47. The smallest absolute Gasteiger partial charge is 0.132 e. The third-order valence-corrected chi connectivity index (χ3v) is 5.03. The van der Waals surface area contributed by atoms with Crippen molar-refractivity contribution in [3.8, 4) is 0 Å². The van der Waals surface area contributed by atoms with E-state index in [-0.39, 0.29) is 18.3 Å². The Hall–Kier alpha value is -0.0600. The first kappa shape index (κ1) is 16.3. The van der Waals surface area contributed by atoms with E-state index < -0.39 is 0 Å². The zero-order valence-electron chi connectivity index (χ0n) is 11.0. The van der Waals surface area contributed by atoms with Crippen molar-refractivity contribution in [2.45, 2.75) is 38.1 Å². The lowest BCUT2D eigenvalue weighted by Crippen LogP contribution is -2.16. The molecule has 0 bridgehead atoms. The molecule has 2 aliphatic heterocycles. The Morgan fingerprint density at radius 1 is 1.50 bits per heavy atom. The topological polar surface area (TPSA) is 18.5 Å². The average Bonchev–Trinajstić information content (AvgIpc) is 2.96. The molecule has 0 aliphatic carbocycles. The number of fused-ring (bicyclic) bond motifs is 1. The van der Waals surface area contributed by atoms with Gasteiger partial charge in [0.2, 0.25) is 0 Å². The summed E-state index contributed by atoms with van der Waals surface area (Å²) >= 11 is 10.3. The lowest BCUT2D eigenvalue weighted by molar-refractivity contribution is 0.0659. The zero-order chi connectivity index (χ0) is 14.5. The van der Waals surface area contributed by atoms with Crippen LogP contribution >= 0.6 is 47.8 Å². The lowest BCUT2D eigenvalue weighted by Gasteiger charge is -2.07. The maximum Gasteiger partial charge on any atom is 0.132 e. The molecule has 5 heteroatoms. The highest BCUT2D eigenvalue weighted by Gasteiger charge is 2.43. The fourth-order valence-corrected chi connectivity index (χ4v) is 3.04. The molecule has 2 nitrogen and oxygen atoms in total. The number of ether oxygens (including phenoxy) is 2. The molecule has 3 atom stereocenters. The molecule has 0 radical (unpaired) electrons. The third-order valence-electron chi connectivity index (χ3n) is 3.09. The predicted molar refractivity (Wildman–Crippen MR) is 92.1 cm³/mol. The Morgan fingerprint density at radius 2 is 2.30 bits per heavy atom. The summed E-state index contributed by atoms with van der Waals surface area (Å²) in [6.07, 6.45) is 9.85. The first-order valence-electron chi connectivity index (χ1n) is 6.41. The van der Waals surface area contributed by atoms with Crippen molar-refractivity contribution >= 4 is 47.8 Å². The van der Waals surface area contributed by atoms with E-state index >= 15 is 0 Å². The van der Waals surface area contributed by atoms with Crippen molar-refractivity contribution in [1.29, 1.82) is 0 Å². The average molecular weight is 467 g/mol. The molecule has 2 rings (SSSR count). The molecule has 0 N–H and O–H groups in total. The fourth-order valence-electron chi connectivity index (χ4n) is 2.10. The summed E-state index contributed by atoms with van der Waals surface area (Å²) in [5.74, 6) is 0.853. The Kier molecular flexibility index (Phi) is 6.37. The highest BCUT2D eigenvalue weighted by molar-refractivity contribution is 9.12. The maximum absolute atomic E-state index is 5.93. The van der Waals surface area contributed by atoms with Crippen LogP contribution in [-0.2, 0) is 9.47 Å². The van der Waals surface area contributed by atoms with Crippen LogP contribution in [0.2, 0.25) is 0 Å². The number of hydrogen-bond donors (Lipinski definition) is 0. The molecule has 0 aromatic rings. The number of rotatable bonds is 4. The van der Waals surface area contributed by atoms with Crippen LogP contribution in [0.25, 0.3) is 0 Å². The van der Waals surface area contributed by atoms with Gasteiger partial charge in [-0.1, -0.05) is 50.9 Å². The summed E-state index contributed by atoms with van der Waals surface area (Å²) in [4.78, 5) is 1.70. The van der Waals surface area contributed by atoms with E-state index in [4.69, 9.17) is 9.47 Å². The molecule has 0 saturated carbocycles. The number of hydrogen-bond acceptors (Lipinski definition) is 2. The Morgan fingerprint density at radius 3 is 2.95 bits per heavy atom. The minimum Gasteiger partial charge on any atom is -0.486 e. The minimum absolute atomic E-state index is 0.00776. The molecule has 0 spiro atoms. The van der Waals surface area contributed by atoms with Crippen molar-refractivity contribution in [3.63, 3.8) is 0 Å². The molecule has 0 aromatic heterocycles. The van der Waals surface area contributed by atoms with Crippen molar-refractivity contribution in [3.05, 3.63) is 49.7 Å². The van der Waals surface area contributed by atoms with Crippen LogP contribution in [0.15, 0.2) is 49.7 Å². The molecule has 108 valence electrons. The van der Waals surface area contributed by atoms with Gasteiger partial charge in [-0.3, -0.25) is 0 Å². The van der Waals surface area contributed by atoms with Gasteiger partial charge in [-0.15, -0.1) is 5.73 Å². The molecule has 2 aliphatic rings. The maximum atomic E-state index is 5.93. The fraction of sp³-hybridized carbons (Fsp3) is 0.400. The van der Waals surface area contributed by atoms with Gasteiger partial charge in [0.05, 0.1) is 10.6 Å². The van der Waals surface area contributed by atoms with Crippen molar-refractivity contribution in [2.75, 3.05) is 0 Å². The highest BCUT2D eigenvalue weighted by atomic mass is 79.9. The normalized spacial score (nSPS) is 29.4. The summed E-state index contributed by atoms with van der Waals surface area (Å²) in [5.41, 5.74) is 2.99. The molecular formula is C15H15Br3O2. The van der Waals surface area contributed by atoms with Crippen LogP contribution < -0.4 is 0 Å². The summed E-state index contributed by atoms with van der Waals surface area (Å²) in [6.45, 7) is 2.10. The summed E-state index contributed by atoms with van der Waals surface area (Å²) in [7, 11) is 0. The van der Waals surface area contributed by atoms with Gasteiger partial charge in [-0.25, -0.2) is 0 Å². The monoisotopic (exact) mass is 464 g/mol. The van der Waals surface area contributed by atoms with E-state index in [1.807, 2.05) is 24.3 Å². The van der Waals surface area contributed by atoms with Gasteiger partial charge in [0, 0.05) is 11.4 Å². The van der Waals surface area contributed by atoms with Gasteiger partial charge < -0.3 is 9.47 Å². The summed E-state index contributed by atoms with van der Waals surface area (Å²) in [6, 6.07) is 0. The van der Waals surface area contributed by atoms with E-state index in [1.165, 1.54) is 0 Å². The Labute approximate surface area is 144 Å². The zero-order valence-corrected chi connectivity index (χ0v) is 15.7. The Balaban J connectivity index is 2.02. The first-order valence-corrected chi connectivity index (χ1v) is 8.91. The molecule has 20 heavy (non-hydrogen) atoms. The predicted octanol–water partition coefficient (Wildman–Crippen LogP) is 5.46. The molecular weight excluding hydrogens is 452 g/mol. The van der Waals surface area contributed by atoms with Gasteiger partial charge in [-0.2, -0.15) is 0 Å². The van der Waals surface area contributed by atoms with E-state index in [0.717, 1.165) is 27.6 Å². The summed E-state index contributed by atoms with van der Waals surface area (Å²) in [5, 5.41) is 0. The van der Waals surface area contributed by atoms with Crippen LogP contribution in [0.5, 0.6) is 0 Å². The van der Waals surface area contributed by atoms with Gasteiger partial charge in [0.25, 0.3) is 0 Å². The minimum atomic E-state index is -0.00776. The largest absolute Gasteiger partial charge is 0.486 e. The molecule has 0 aromatic carbocycles. The number of halogens is 3. The van der Waals surface area contributed by atoms with Crippen LogP contribution in [0.1, 0.15) is 19.8 Å². The quantitative estimate of drug-likeness (QED) is 0.404. The van der Waals surface area contributed by atoms with Gasteiger partial charge in [0.15, 0.2) is 0 Å². The van der Waals surface area contributed by atoms with Gasteiger partial charge in [-0.05, 0) is 39.0 Å². The van der Waals surface area contributed by atoms with Crippen molar-refractivity contribution < 1.29 is 9.47 Å². The molecule has 0 amide bonds. The van der Waals surface area contributed by atoms with Crippen LogP contribution in [0.4, 0.5) is 0 Å². The molecule has 1 fully saturated rings. The van der Waals surface area contributed by atoms with Gasteiger partial charge >= 0.3 is 0 Å². The number of allylic oxidation sites excluding steroid dienone is 4. The SMILES string of the molecule is CCC(Br)=CC=CC1=C(Br)[C@H]2O[C@H](C=C=CBr)C[C@H]2O1. The second kappa shape index (κ2) is 7.81. The lowest BCUT2D eigenvalue weighted by atomic mass is 10.1. The highest BCUT2D eigenvalue weighted by Crippen LogP contribution is 2.40. The van der Waals surface area contributed by atoms with Crippen molar-refractivity contribution in [1.82, 2.24) is 0 Å². The van der Waals surface area contributed by atoms with Crippen LogP contribution in [0, 0.1) is 0 Å². The van der Waals surface area contributed by atoms with Gasteiger partial charge in [0.1, 0.15) is 18.0 Å². The van der Waals surface area contributed by atoms with E-state index in [9.17, 15) is 0 Å². The van der Waals surface area contributed by atoms with Crippen molar-refractivity contribution in [2.24, 2.45) is 0 Å². The van der Waals surface area contributed by atoms with E-state index in [2.05, 4.69) is 60.4 Å². The molecule has 1 saturated heterocycles. The van der Waals surface area contributed by atoms with E-state index in [1.54, 1.807) is 4.99 Å². The van der Waals surface area contributed by atoms with Crippen LogP contribution in [-0.4, -0.2) is 18.3 Å². The Bertz CT molecular complexity index is 513.